The number of nitrogens with zero attached hydrogens (tertiary/aromatic N) is 1. The van der Waals surface area contributed by atoms with E-state index in [2.05, 4.69) is 83.4 Å². The lowest BCUT2D eigenvalue weighted by Gasteiger charge is -2.06. The van der Waals surface area contributed by atoms with E-state index >= 15 is 0 Å². The van der Waals surface area contributed by atoms with Crippen molar-refractivity contribution >= 4 is 27.5 Å². The topological polar surface area (TPSA) is 30.9 Å². The highest BCUT2D eigenvalue weighted by molar-refractivity contribution is 6.09. The largest absolute Gasteiger partial charge is 0.399 e. The average Bonchev–Trinajstić information content (AvgIpc) is 3.04. The summed E-state index contributed by atoms with van der Waals surface area (Å²) in [4.78, 5) is 0. The second-order valence-electron chi connectivity index (χ2n) is 6.12. The van der Waals surface area contributed by atoms with Crippen molar-refractivity contribution in [3.63, 3.8) is 0 Å². The molecule has 126 valence electrons. The Kier molecular flexibility index (Phi) is 4.40. The van der Waals surface area contributed by atoms with E-state index in [0.717, 1.165) is 5.69 Å². The zero-order valence-electron chi connectivity index (χ0n) is 14.4. The van der Waals surface area contributed by atoms with Gasteiger partial charge in [0.25, 0.3) is 0 Å². The summed E-state index contributed by atoms with van der Waals surface area (Å²) in [5.41, 5.74) is 9.91. The number of rotatable bonds is 1. The summed E-state index contributed by atoms with van der Waals surface area (Å²) in [5.74, 6) is 0. The van der Waals surface area contributed by atoms with Crippen LogP contribution >= 0.6 is 0 Å². The first-order valence-electron chi connectivity index (χ1n) is 8.69. The quantitative estimate of drug-likeness (QED) is 0.371. The highest BCUT2D eigenvalue weighted by Gasteiger charge is 2.10. The molecule has 2 nitrogen and oxygen atoms in total. The van der Waals surface area contributed by atoms with Crippen LogP contribution in [-0.4, -0.2) is 4.57 Å². The van der Waals surface area contributed by atoms with Crippen molar-refractivity contribution in [1.29, 1.82) is 0 Å². The molecule has 0 saturated heterocycles. The first-order chi connectivity index (χ1) is 12.8. The van der Waals surface area contributed by atoms with Crippen molar-refractivity contribution in [3.8, 4) is 5.69 Å². The Morgan fingerprint density at radius 1 is 0.462 bits per heavy atom. The smallest absolute Gasteiger partial charge is 0.0541 e. The van der Waals surface area contributed by atoms with Gasteiger partial charge in [0.1, 0.15) is 0 Å². The van der Waals surface area contributed by atoms with Crippen molar-refractivity contribution in [2.45, 2.75) is 0 Å². The lowest BCUT2D eigenvalue weighted by atomic mass is 10.2. The van der Waals surface area contributed by atoms with Crippen LogP contribution < -0.4 is 5.73 Å². The van der Waals surface area contributed by atoms with E-state index in [1.54, 1.807) is 0 Å². The number of hydrogen-bond acceptors (Lipinski definition) is 1. The van der Waals surface area contributed by atoms with Crippen LogP contribution in [0.5, 0.6) is 0 Å². The predicted molar refractivity (Wildman–Crippen MR) is 112 cm³/mol. The first kappa shape index (κ1) is 16.0. The number of hydrogen-bond donors (Lipinski definition) is 1. The van der Waals surface area contributed by atoms with Gasteiger partial charge in [0.2, 0.25) is 0 Å². The molecule has 0 atom stereocenters. The fourth-order valence-corrected chi connectivity index (χ4v) is 3.23. The number of benzene rings is 4. The third kappa shape index (κ3) is 3.05. The molecule has 0 aliphatic heterocycles. The number of fused-ring (bicyclic) bond motifs is 3. The third-order valence-electron chi connectivity index (χ3n) is 4.39. The molecule has 0 aliphatic rings. The monoisotopic (exact) mass is 336 g/mol. The van der Waals surface area contributed by atoms with Gasteiger partial charge >= 0.3 is 0 Å². The third-order valence-corrected chi connectivity index (χ3v) is 4.39. The van der Waals surface area contributed by atoms with Crippen molar-refractivity contribution in [2.24, 2.45) is 0 Å². The molecule has 4 aromatic carbocycles. The molecule has 1 heterocycles. The van der Waals surface area contributed by atoms with Gasteiger partial charge in [-0.2, -0.15) is 0 Å². The van der Waals surface area contributed by atoms with E-state index in [9.17, 15) is 0 Å². The zero-order valence-corrected chi connectivity index (χ0v) is 14.4. The minimum absolute atomic E-state index is 0.822. The minimum atomic E-state index is 0.822. The van der Waals surface area contributed by atoms with Crippen LogP contribution in [0.3, 0.4) is 0 Å². The molecule has 0 unspecified atom stereocenters. The fourth-order valence-electron chi connectivity index (χ4n) is 3.23. The van der Waals surface area contributed by atoms with Gasteiger partial charge < -0.3 is 10.3 Å². The van der Waals surface area contributed by atoms with Gasteiger partial charge in [-0.1, -0.05) is 72.8 Å². The average molecular weight is 336 g/mol. The van der Waals surface area contributed by atoms with Crippen LogP contribution in [0.1, 0.15) is 0 Å². The molecule has 0 aliphatic carbocycles. The molecule has 0 saturated carbocycles. The highest BCUT2D eigenvalue weighted by Crippen LogP contribution is 2.31. The molecule has 2 N–H and O–H groups in total. The molecule has 0 amide bonds. The Morgan fingerprint density at radius 2 is 0.885 bits per heavy atom. The molecule has 1 aromatic heterocycles. The van der Waals surface area contributed by atoms with Gasteiger partial charge in [0.05, 0.1) is 11.0 Å². The van der Waals surface area contributed by atoms with Crippen molar-refractivity contribution in [2.75, 3.05) is 5.73 Å². The van der Waals surface area contributed by atoms with Crippen LogP contribution in [0.4, 0.5) is 5.69 Å². The second-order valence-corrected chi connectivity index (χ2v) is 6.12. The van der Waals surface area contributed by atoms with Gasteiger partial charge in [-0.3, -0.25) is 0 Å². The lowest BCUT2D eigenvalue weighted by Crippen LogP contribution is -1.92. The predicted octanol–water partition coefficient (Wildman–Crippen LogP) is 6.05. The second kappa shape index (κ2) is 7.16. The molecule has 26 heavy (non-hydrogen) atoms. The molecule has 0 spiro atoms. The van der Waals surface area contributed by atoms with E-state index in [-0.39, 0.29) is 0 Å². The van der Waals surface area contributed by atoms with Crippen molar-refractivity contribution < 1.29 is 0 Å². The van der Waals surface area contributed by atoms with Gasteiger partial charge in [-0.25, -0.2) is 0 Å². The number of nitrogen functional groups attached to an aromatic ring is 1. The van der Waals surface area contributed by atoms with E-state index < -0.39 is 0 Å². The van der Waals surface area contributed by atoms with E-state index in [1.807, 2.05) is 30.3 Å². The summed E-state index contributed by atoms with van der Waals surface area (Å²) >= 11 is 0. The maximum absolute atomic E-state index is 5.36. The summed E-state index contributed by atoms with van der Waals surface area (Å²) in [6.07, 6.45) is 0. The van der Waals surface area contributed by atoms with Crippen LogP contribution in [0, 0.1) is 0 Å². The summed E-state index contributed by atoms with van der Waals surface area (Å²) < 4.78 is 2.32. The Hall–Kier alpha value is -3.52. The normalized spacial score (nSPS) is 10.5. The Morgan fingerprint density at radius 3 is 1.35 bits per heavy atom. The van der Waals surface area contributed by atoms with E-state index in [1.165, 1.54) is 27.5 Å². The van der Waals surface area contributed by atoms with E-state index in [4.69, 9.17) is 5.73 Å². The molecular formula is C24H20N2. The van der Waals surface area contributed by atoms with Gasteiger partial charge in [-0.15, -0.1) is 0 Å². The van der Waals surface area contributed by atoms with Crippen molar-refractivity contribution in [1.82, 2.24) is 4.57 Å². The van der Waals surface area contributed by atoms with Crippen LogP contribution in [-0.2, 0) is 0 Å². The number of nitrogens with two attached hydrogens (primary N) is 1. The molecule has 5 rings (SSSR count). The van der Waals surface area contributed by atoms with Crippen LogP contribution in [0.15, 0.2) is 109 Å². The molecule has 0 radical (unpaired) electrons. The highest BCUT2D eigenvalue weighted by atomic mass is 15.0. The summed E-state index contributed by atoms with van der Waals surface area (Å²) in [6, 6.07) is 37.2. The van der Waals surface area contributed by atoms with Crippen LogP contribution in [0.25, 0.3) is 27.5 Å². The Balaban J connectivity index is 0.000000204. The summed E-state index contributed by atoms with van der Waals surface area (Å²) in [7, 11) is 0. The SMILES string of the molecule is Nc1ccccc1.c1ccc(-n2c3ccccc3c3ccccc32)cc1. The standard InChI is InChI=1S/C18H13N.C6H7N/c1-2-8-14(9-3-1)19-17-12-6-4-10-15(17)16-11-5-7-13-18(16)19;7-6-4-2-1-3-5-6/h1-13H;1-5H,7H2. The molecule has 5 aromatic rings. The summed E-state index contributed by atoms with van der Waals surface area (Å²) in [6.45, 7) is 0. The minimum Gasteiger partial charge on any atom is -0.399 e. The van der Waals surface area contributed by atoms with Gasteiger partial charge in [-0.05, 0) is 36.4 Å². The Labute approximate surface area is 153 Å². The van der Waals surface area contributed by atoms with E-state index in [0.29, 0.717) is 0 Å². The number of para-hydroxylation sites is 4. The molecule has 0 bridgehead atoms. The van der Waals surface area contributed by atoms with Gasteiger partial charge in [0.15, 0.2) is 0 Å². The molecular weight excluding hydrogens is 316 g/mol. The fraction of sp³-hybridized carbons (Fsp3) is 0. The van der Waals surface area contributed by atoms with Crippen LogP contribution in [0.2, 0.25) is 0 Å². The number of anilines is 1. The lowest BCUT2D eigenvalue weighted by molar-refractivity contribution is 1.18. The maximum Gasteiger partial charge on any atom is 0.0541 e. The molecule has 0 fully saturated rings. The van der Waals surface area contributed by atoms with Gasteiger partial charge in [0, 0.05) is 22.1 Å². The molecule has 2 heteroatoms. The van der Waals surface area contributed by atoms with Crippen molar-refractivity contribution in [3.05, 3.63) is 109 Å². The first-order valence-corrected chi connectivity index (χ1v) is 8.69. The summed E-state index contributed by atoms with van der Waals surface area (Å²) in [5, 5.41) is 2.61. The Bertz CT molecular complexity index is 1070. The number of aromatic nitrogens is 1. The zero-order chi connectivity index (χ0) is 17.8. The maximum atomic E-state index is 5.36.